The maximum atomic E-state index is 12.9. The van der Waals surface area contributed by atoms with Crippen LogP contribution in [0.5, 0.6) is 0 Å². The Morgan fingerprint density at radius 2 is 2.21 bits per heavy atom. The fourth-order valence-corrected chi connectivity index (χ4v) is 3.07. The Morgan fingerprint density at radius 3 is 2.86 bits per heavy atom. The van der Waals surface area contributed by atoms with Crippen LogP contribution in [-0.4, -0.2) is 53.8 Å². The SMILES string of the molecule is C#CCN(CC=C)C(=O)C[C@@H]1C(=O)NCCN1Cc1cccc(C(F)(F)F)c1. The van der Waals surface area contributed by atoms with E-state index in [0.29, 0.717) is 18.7 Å². The summed E-state index contributed by atoms with van der Waals surface area (Å²) < 4.78 is 38.8. The van der Waals surface area contributed by atoms with Gasteiger partial charge in [-0.05, 0) is 11.6 Å². The average molecular weight is 393 g/mol. The van der Waals surface area contributed by atoms with E-state index in [-0.39, 0.29) is 37.9 Å². The predicted octanol–water partition coefficient (Wildman–Crippen LogP) is 2.04. The van der Waals surface area contributed by atoms with Crippen LogP contribution >= 0.6 is 0 Å². The van der Waals surface area contributed by atoms with Gasteiger partial charge in [-0.2, -0.15) is 13.2 Å². The lowest BCUT2D eigenvalue weighted by Gasteiger charge is -2.35. The molecule has 1 N–H and O–H groups in total. The maximum absolute atomic E-state index is 12.9. The Kier molecular flexibility index (Phi) is 7.24. The Hall–Kier alpha value is -2.79. The second-order valence-corrected chi connectivity index (χ2v) is 6.45. The molecule has 150 valence electrons. The first-order valence-electron chi connectivity index (χ1n) is 8.76. The maximum Gasteiger partial charge on any atom is 0.416 e. The van der Waals surface area contributed by atoms with Crippen molar-refractivity contribution in [2.24, 2.45) is 0 Å². The molecule has 1 atom stereocenters. The zero-order chi connectivity index (χ0) is 20.7. The van der Waals surface area contributed by atoms with Crippen molar-refractivity contribution in [3.8, 4) is 12.3 Å². The number of hydrogen-bond acceptors (Lipinski definition) is 3. The van der Waals surface area contributed by atoms with Gasteiger partial charge in [-0.3, -0.25) is 14.5 Å². The van der Waals surface area contributed by atoms with Crippen molar-refractivity contribution < 1.29 is 22.8 Å². The first-order valence-corrected chi connectivity index (χ1v) is 8.76. The van der Waals surface area contributed by atoms with E-state index in [0.717, 1.165) is 12.1 Å². The summed E-state index contributed by atoms with van der Waals surface area (Å²) in [7, 11) is 0. The van der Waals surface area contributed by atoms with E-state index in [2.05, 4.69) is 17.8 Å². The zero-order valence-corrected chi connectivity index (χ0v) is 15.3. The Labute approximate surface area is 162 Å². The van der Waals surface area contributed by atoms with Crippen LogP contribution in [0.2, 0.25) is 0 Å². The Bertz CT molecular complexity index is 771. The van der Waals surface area contributed by atoms with Crippen molar-refractivity contribution in [2.75, 3.05) is 26.2 Å². The molecule has 0 saturated carbocycles. The number of benzene rings is 1. The fourth-order valence-electron chi connectivity index (χ4n) is 3.07. The van der Waals surface area contributed by atoms with Gasteiger partial charge < -0.3 is 10.2 Å². The van der Waals surface area contributed by atoms with Gasteiger partial charge in [0.05, 0.1) is 24.6 Å². The highest BCUT2D eigenvalue weighted by Crippen LogP contribution is 2.30. The summed E-state index contributed by atoms with van der Waals surface area (Å²) in [5.41, 5.74) is -0.321. The molecule has 1 aromatic carbocycles. The summed E-state index contributed by atoms with van der Waals surface area (Å²) in [6.07, 6.45) is 2.26. The molecule has 2 amide bonds. The minimum Gasteiger partial charge on any atom is -0.353 e. The second-order valence-electron chi connectivity index (χ2n) is 6.45. The van der Waals surface area contributed by atoms with Gasteiger partial charge >= 0.3 is 6.18 Å². The van der Waals surface area contributed by atoms with E-state index in [1.807, 2.05) is 0 Å². The van der Waals surface area contributed by atoms with Crippen LogP contribution in [0.1, 0.15) is 17.5 Å². The lowest BCUT2D eigenvalue weighted by Crippen LogP contribution is -2.56. The highest BCUT2D eigenvalue weighted by Gasteiger charge is 2.34. The molecule has 1 aliphatic heterocycles. The van der Waals surface area contributed by atoms with Gasteiger partial charge in [-0.1, -0.05) is 30.2 Å². The molecule has 0 aliphatic carbocycles. The molecule has 8 heteroatoms. The normalized spacial score (nSPS) is 17.5. The number of alkyl halides is 3. The standard InChI is InChI=1S/C20H22F3N3O2/c1-3-9-25(10-4-2)18(27)13-17-19(28)24-8-11-26(17)14-15-6-5-7-16(12-15)20(21,22)23/h1,4-7,12,17H,2,8-11,13-14H2,(H,24,28)/t17-/m1/s1. The van der Waals surface area contributed by atoms with E-state index >= 15 is 0 Å². The van der Waals surface area contributed by atoms with Crippen molar-refractivity contribution >= 4 is 11.8 Å². The molecule has 1 aromatic rings. The molecule has 1 heterocycles. The number of nitrogens with one attached hydrogen (secondary N) is 1. The smallest absolute Gasteiger partial charge is 0.353 e. The Balaban J connectivity index is 2.16. The van der Waals surface area contributed by atoms with E-state index in [9.17, 15) is 22.8 Å². The van der Waals surface area contributed by atoms with Gasteiger partial charge in [-0.15, -0.1) is 13.0 Å². The molecule has 5 nitrogen and oxygen atoms in total. The molecule has 0 aromatic heterocycles. The molecular formula is C20H22F3N3O2. The van der Waals surface area contributed by atoms with E-state index in [4.69, 9.17) is 6.42 Å². The minimum absolute atomic E-state index is 0.0901. The quantitative estimate of drug-likeness (QED) is 0.570. The molecule has 1 fully saturated rings. The van der Waals surface area contributed by atoms with Crippen molar-refractivity contribution in [3.05, 3.63) is 48.0 Å². The fraction of sp³-hybridized carbons (Fsp3) is 0.400. The number of hydrogen-bond donors (Lipinski definition) is 1. The first kappa shape index (κ1) is 21.5. The van der Waals surface area contributed by atoms with Crippen molar-refractivity contribution in [2.45, 2.75) is 25.2 Å². The zero-order valence-electron chi connectivity index (χ0n) is 15.3. The highest BCUT2D eigenvalue weighted by atomic mass is 19.4. The first-order chi connectivity index (χ1) is 13.3. The summed E-state index contributed by atoms with van der Waals surface area (Å²) in [5, 5.41) is 2.70. The number of amides is 2. The van der Waals surface area contributed by atoms with Gasteiger partial charge in [0, 0.05) is 26.2 Å². The van der Waals surface area contributed by atoms with E-state index in [1.54, 1.807) is 11.0 Å². The molecule has 1 saturated heterocycles. The van der Waals surface area contributed by atoms with Gasteiger partial charge in [-0.25, -0.2) is 0 Å². The van der Waals surface area contributed by atoms with Crippen LogP contribution in [0.15, 0.2) is 36.9 Å². The van der Waals surface area contributed by atoms with Crippen LogP contribution in [0.25, 0.3) is 0 Å². The van der Waals surface area contributed by atoms with Crippen LogP contribution in [0.3, 0.4) is 0 Å². The molecular weight excluding hydrogens is 371 g/mol. The molecule has 0 unspecified atom stereocenters. The molecule has 0 spiro atoms. The molecule has 28 heavy (non-hydrogen) atoms. The lowest BCUT2D eigenvalue weighted by molar-refractivity contribution is -0.138. The third kappa shape index (κ3) is 5.60. The van der Waals surface area contributed by atoms with Crippen LogP contribution < -0.4 is 5.32 Å². The lowest BCUT2D eigenvalue weighted by atomic mass is 10.0. The summed E-state index contributed by atoms with van der Waals surface area (Å²) in [6, 6.07) is 4.19. The number of carbonyl (C=O) groups is 2. The Morgan fingerprint density at radius 1 is 1.46 bits per heavy atom. The van der Waals surface area contributed by atoms with Crippen molar-refractivity contribution in [3.63, 3.8) is 0 Å². The molecule has 2 rings (SSSR count). The number of terminal acetylenes is 1. The topological polar surface area (TPSA) is 52.7 Å². The van der Waals surface area contributed by atoms with Crippen molar-refractivity contribution in [1.29, 1.82) is 0 Å². The van der Waals surface area contributed by atoms with Crippen LogP contribution in [0.4, 0.5) is 13.2 Å². The average Bonchev–Trinajstić information content (AvgIpc) is 2.64. The number of rotatable bonds is 7. The molecule has 0 bridgehead atoms. The third-order valence-corrected chi connectivity index (χ3v) is 4.43. The number of halogens is 3. The van der Waals surface area contributed by atoms with Gasteiger partial charge in [0.25, 0.3) is 0 Å². The number of piperazine rings is 1. The second kappa shape index (κ2) is 9.42. The molecule has 0 radical (unpaired) electrons. The molecule has 1 aliphatic rings. The van der Waals surface area contributed by atoms with Gasteiger partial charge in [0.1, 0.15) is 0 Å². The number of nitrogens with zero attached hydrogens (tertiary/aromatic N) is 2. The van der Waals surface area contributed by atoms with E-state index in [1.165, 1.54) is 17.0 Å². The highest BCUT2D eigenvalue weighted by molar-refractivity contribution is 5.89. The van der Waals surface area contributed by atoms with E-state index < -0.39 is 17.8 Å². The summed E-state index contributed by atoms with van der Waals surface area (Å²) in [4.78, 5) is 28.0. The third-order valence-electron chi connectivity index (χ3n) is 4.43. The number of carbonyl (C=O) groups excluding carboxylic acids is 2. The van der Waals surface area contributed by atoms with Crippen LogP contribution in [-0.2, 0) is 22.3 Å². The predicted molar refractivity (Wildman–Crippen MR) is 98.9 cm³/mol. The van der Waals surface area contributed by atoms with Crippen molar-refractivity contribution in [1.82, 2.24) is 15.1 Å². The van der Waals surface area contributed by atoms with Crippen LogP contribution in [0, 0.1) is 12.3 Å². The summed E-state index contributed by atoms with van der Waals surface area (Å²) in [5.74, 6) is 1.75. The van der Waals surface area contributed by atoms with Gasteiger partial charge in [0.2, 0.25) is 11.8 Å². The minimum atomic E-state index is -4.44. The summed E-state index contributed by atoms with van der Waals surface area (Å²) >= 11 is 0. The largest absolute Gasteiger partial charge is 0.416 e. The summed E-state index contributed by atoms with van der Waals surface area (Å²) in [6.45, 7) is 4.85. The monoisotopic (exact) mass is 393 g/mol. The van der Waals surface area contributed by atoms with Gasteiger partial charge in [0.15, 0.2) is 0 Å².